The van der Waals surface area contributed by atoms with Crippen molar-refractivity contribution in [3.05, 3.63) is 58.4 Å². The van der Waals surface area contributed by atoms with E-state index in [0.717, 1.165) is 23.2 Å². The van der Waals surface area contributed by atoms with Crippen LogP contribution in [0.3, 0.4) is 0 Å². The molecule has 0 aliphatic carbocycles. The summed E-state index contributed by atoms with van der Waals surface area (Å²) in [6.45, 7) is 1.45. The summed E-state index contributed by atoms with van der Waals surface area (Å²) in [5.41, 5.74) is 3.39. The predicted octanol–water partition coefficient (Wildman–Crippen LogP) is 2.55. The number of amides is 3. The number of carbonyl (C=O) groups is 2. The van der Waals surface area contributed by atoms with Crippen LogP contribution < -0.4 is 21.0 Å². The molecule has 2 bridgehead atoms. The van der Waals surface area contributed by atoms with Crippen molar-refractivity contribution in [3.8, 4) is 0 Å². The van der Waals surface area contributed by atoms with E-state index in [1.807, 2.05) is 18.2 Å². The quantitative estimate of drug-likeness (QED) is 0.500. The lowest BCUT2D eigenvalue weighted by atomic mass is 9.89. The molecule has 5 rings (SSSR count). The Morgan fingerprint density at radius 2 is 2.06 bits per heavy atom. The zero-order valence-corrected chi connectivity index (χ0v) is 19.7. The first-order valence-electron chi connectivity index (χ1n) is 11.6. The summed E-state index contributed by atoms with van der Waals surface area (Å²) in [6, 6.07) is 9.39. The smallest absolute Gasteiger partial charge is 0.315 e. The number of hydrazine groups is 1. The second-order valence-corrected chi connectivity index (χ2v) is 9.33. The fraction of sp³-hybridized carbons (Fsp3) is 0.417. The van der Waals surface area contributed by atoms with E-state index < -0.39 is 18.0 Å². The van der Waals surface area contributed by atoms with Gasteiger partial charge in [-0.2, -0.15) is 0 Å². The van der Waals surface area contributed by atoms with Crippen LogP contribution in [0.1, 0.15) is 30.1 Å². The highest BCUT2D eigenvalue weighted by Crippen LogP contribution is 2.39. The Morgan fingerprint density at radius 1 is 1.20 bits per heavy atom. The third-order valence-electron chi connectivity index (χ3n) is 6.56. The minimum absolute atomic E-state index is 0.0147. The molecule has 3 aliphatic rings. The van der Waals surface area contributed by atoms with Crippen LogP contribution in [0, 0.1) is 5.82 Å². The minimum atomic E-state index is -0.521. The molecule has 0 spiro atoms. The molecule has 3 atom stereocenters. The lowest BCUT2D eigenvalue weighted by Gasteiger charge is -2.40. The lowest BCUT2D eigenvalue weighted by molar-refractivity contribution is -0.129. The van der Waals surface area contributed by atoms with Crippen molar-refractivity contribution in [2.75, 3.05) is 36.6 Å². The molecule has 35 heavy (non-hydrogen) atoms. The first-order valence-corrected chi connectivity index (χ1v) is 12.0. The first kappa shape index (κ1) is 23.7. The number of carbonyl (C=O) groups excluding carboxylic acids is 2. The summed E-state index contributed by atoms with van der Waals surface area (Å²) in [6.07, 6.45) is 0.838. The number of hydrogen-bond donors (Lipinski definition) is 4. The van der Waals surface area contributed by atoms with E-state index in [1.165, 1.54) is 23.2 Å². The monoisotopic (exact) mass is 503 g/mol. The molecule has 2 aromatic carbocycles. The molecule has 4 N–H and O–H groups in total. The van der Waals surface area contributed by atoms with Gasteiger partial charge in [-0.3, -0.25) is 14.8 Å². The largest absolute Gasteiger partial charge is 0.389 e. The standard InChI is InChI=1S/C24H27ClFN5O4/c25-17-9-15(26)3-5-20(17)30-6-1-7-31(30)23(33)12-28-24(34)27-11-14-2-4-18-16(8-14)22-10-19(29-18)21(32)13-35-22/h2-5,8-9,19,21-22,29,32H,1,6-7,10-13H2,(H2,27,28,34)/t19-,21-,22-/m1/s1. The minimum Gasteiger partial charge on any atom is -0.389 e. The van der Waals surface area contributed by atoms with Gasteiger partial charge < -0.3 is 25.8 Å². The second kappa shape index (κ2) is 9.88. The second-order valence-electron chi connectivity index (χ2n) is 8.92. The van der Waals surface area contributed by atoms with Crippen molar-refractivity contribution in [2.45, 2.75) is 37.6 Å². The molecule has 3 aliphatic heterocycles. The molecule has 9 nitrogen and oxygen atoms in total. The first-order chi connectivity index (χ1) is 16.9. The summed E-state index contributed by atoms with van der Waals surface area (Å²) < 4.78 is 19.2. The van der Waals surface area contributed by atoms with E-state index >= 15 is 0 Å². The van der Waals surface area contributed by atoms with Crippen LogP contribution in [0.25, 0.3) is 0 Å². The maximum Gasteiger partial charge on any atom is 0.315 e. The van der Waals surface area contributed by atoms with Crippen LogP contribution in [-0.4, -0.2) is 60.4 Å². The average molecular weight is 504 g/mol. The van der Waals surface area contributed by atoms with Gasteiger partial charge in [0.15, 0.2) is 0 Å². The molecule has 0 aromatic heterocycles. The topological polar surface area (TPSA) is 106 Å². The molecule has 2 fully saturated rings. The molecule has 2 aromatic rings. The molecule has 3 amide bonds. The fourth-order valence-corrected chi connectivity index (χ4v) is 5.05. The third kappa shape index (κ3) is 5.00. The van der Waals surface area contributed by atoms with Gasteiger partial charge in [-0.1, -0.05) is 17.7 Å². The predicted molar refractivity (Wildman–Crippen MR) is 128 cm³/mol. The molecule has 11 heteroatoms. The molecule has 0 unspecified atom stereocenters. The van der Waals surface area contributed by atoms with Crippen LogP contribution in [0.4, 0.5) is 20.6 Å². The highest BCUT2D eigenvalue weighted by Gasteiger charge is 2.36. The molecule has 186 valence electrons. The summed E-state index contributed by atoms with van der Waals surface area (Å²) in [5.74, 6) is -0.734. The highest BCUT2D eigenvalue weighted by molar-refractivity contribution is 6.33. The SMILES string of the molecule is O=C(NCC(=O)N1CCCN1c1ccc(F)cc1Cl)NCc1ccc2c(c1)[C@H]1C[C@@H](N2)[C@H](O)CO1. The number of aliphatic hydroxyl groups is 1. The van der Waals surface area contributed by atoms with Gasteiger partial charge in [0.1, 0.15) is 12.4 Å². The number of halogens is 2. The van der Waals surface area contributed by atoms with Crippen molar-refractivity contribution >= 4 is 34.9 Å². The Morgan fingerprint density at radius 3 is 2.89 bits per heavy atom. The van der Waals surface area contributed by atoms with Gasteiger partial charge in [0, 0.05) is 37.3 Å². The summed E-state index contributed by atoms with van der Waals surface area (Å²) in [7, 11) is 0. The Balaban J connectivity index is 1.13. The van der Waals surface area contributed by atoms with Gasteiger partial charge in [-0.05, 0) is 42.3 Å². The van der Waals surface area contributed by atoms with E-state index in [1.54, 1.807) is 5.01 Å². The van der Waals surface area contributed by atoms with Gasteiger partial charge in [-0.25, -0.2) is 9.18 Å². The van der Waals surface area contributed by atoms with E-state index in [0.29, 0.717) is 31.8 Å². The zero-order chi connectivity index (χ0) is 24.5. The fourth-order valence-electron chi connectivity index (χ4n) is 4.78. The van der Waals surface area contributed by atoms with Gasteiger partial charge in [0.25, 0.3) is 5.91 Å². The van der Waals surface area contributed by atoms with Crippen molar-refractivity contribution in [2.24, 2.45) is 0 Å². The summed E-state index contributed by atoms with van der Waals surface area (Å²) in [4.78, 5) is 25.1. The number of urea groups is 1. The van der Waals surface area contributed by atoms with Crippen molar-refractivity contribution < 1.29 is 23.8 Å². The number of rotatable bonds is 5. The average Bonchev–Trinajstić information content (AvgIpc) is 3.33. The molecule has 0 saturated carbocycles. The molecule has 3 heterocycles. The molecule has 2 saturated heterocycles. The molecular formula is C24H27ClFN5O4. The number of anilines is 2. The Bertz CT molecular complexity index is 1140. The van der Waals surface area contributed by atoms with E-state index in [9.17, 15) is 19.1 Å². The van der Waals surface area contributed by atoms with Gasteiger partial charge >= 0.3 is 6.03 Å². The van der Waals surface area contributed by atoms with Crippen molar-refractivity contribution in [1.82, 2.24) is 15.6 Å². The third-order valence-corrected chi connectivity index (χ3v) is 6.87. The number of ether oxygens (including phenoxy) is 1. The number of aliphatic hydroxyl groups excluding tert-OH is 1. The summed E-state index contributed by atoms with van der Waals surface area (Å²) in [5, 5.41) is 22.2. The van der Waals surface area contributed by atoms with E-state index in [-0.39, 0.29) is 36.2 Å². The maximum absolute atomic E-state index is 13.4. The number of nitrogens with zero attached hydrogens (tertiary/aromatic N) is 2. The van der Waals surface area contributed by atoms with Gasteiger partial charge in [0.05, 0.1) is 35.6 Å². The van der Waals surface area contributed by atoms with Crippen LogP contribution >= 0.6 is 11.6 Å². The summed E-state index contributed by atoms with van der Waals surface area (Å²) >= 11 is 6.16. The number of benzene rings is 2. The Kier molecular flexibility index (Phi) is 6.68. The number of nitrogens with one attached hydrogen (secondary N) is 3. The van der Waals surface area contributed by atoms with Crippen LogP contribution in [0.2, 0.25) is 5.02 Å². The van der Waals surface area contributed by atoms with Gasteiger partial charge in [-0.15, -0.1) is 0 Å². The normalized spacial score (nSPS) is 22.9. The van der Waals surface area contributed by atoms with Crippen LogP contribution in [0.5, 0.6) is 0 Å². The number of fused-ring (bicyclic) bond motifs is 4. The lowest BCUT2D eigenvalue weighted by Crippen LogP contribution is -2.48. The van der Waals surface area contributed by atoms with E-state index in [2.05, 4.69) is 16.0 Å². The zero-order valence-electron chi connectivity index (χ0n) is 19.0. The molecule has 0 radical (unpaired) electrons. The van der Waals surface area contributed by atoms with Crippen LogP contribution in [0.15, 0.2) is 36.4 Å². The van der Waals surface area contributed by atoms with E-state index in [4.69, 9.17) is 16.3 Å². The van der Waals surface area contributed by atoms with Crippen LogP contribution in [-0.2, 0) is 16.1 Å². The molecular weight excluding hydrogens is 477 g/mol. The van der Waals surface area contributed by atoms with Crippen molar-refractivity contribution in [3.63, 3.8) is 0 Å². The van der Waals surface area contributed by atoms with Crippen molar-refractivity contribution in [1.29, 1.82) is 0 Å². The Labute approximate surface area is 207 Å². The Hall–Kier alpha value is -3.08. The maximum atomic E-state index is 13.4. The highest BCUT2D eigenvalue weighted by atomic mass is 35.5. The number of hydrogen-bond acceptors (Lipinski definition) is 6. The van der Waals surface area contributed by atoms with Gasteiger partial charge in [0.2, 0.25) is 0 Å².